The molecule has 0 fully saturated rings. The standard InChI is InChI=1S/C12H11N5O3/c1-17(6-10-14-12(19)20-16-10)11(18)7-2-3-9-8(4-7)5-13-15-9/h2-5H,6H2,1H3,(H,13,15)(H,14,16,19). The van der Waals surface area contributed by atoms with Gasteiger partial charge in [-0.2, -0.15) is 5.10 Å². The first-order chi connectivity index (χ1) is 9.63. The fraction of sp³-hybridized carbons (Fsp3) is 0.167. The van der Waals surface area contributed by atoms with Crippen LogP contribution < -0.4 is 5.76 Å². The Balaban J connectivity index is 1.81. The van der Waals surface area contributed by atoms with Crippen LogP contribution >= 0.6 is 0 Å². The average molecular weight is 273 g/mol. The van der Waals surface area contributed by atoms with E-state index < -0.39 is 5.76 Å². The van der Waals surface area contributed by atoms with Crippen LogP contribution in [-0.4, -0.2) is 38.2 Å². The van der Waals surface area contributed by atoms with Gasteiger partial charge < -0.3 is 4.90 Å². The van der Waals surface area contributed by atoms with Gasteiger partial charge in [0.1, 0.15) is 0 Å². The van der Waals surface area contributed by atoms with Crippen molar-refractivity contribution in [3.05, 3.63) is 46.3 Å². The van der Waals surface area contributed by atoms with E-state index in [0.717, 1.165) is 10.9 Å². The molecule has 0 saturated carbocycles. The zero-order valence-corrected chi connectivity index (χ0v) is 10.6. The highest BCUT2D eigenvalue weighted by molar-refractivity contribution is 5.97. The van der Waals surface area contributed by atoms with E-state index in [1.54, 1.807) is 31.4 Å². The second-order valence-corrected chi connectivity index (χ2v) is 4.37. The Bertz CT molecular complexity index is 815. The van der Waals surface area contributed by atoms with Gasteiger partial charge in [0.15, 0.2) is 5.82 Å². The summed E-state index contributed by atoms with van der Waals surface area (Å²) in [6.07, 6.45) is 1.65. The summed E-state index contributed by atoms with van der Waals surface area (Å²) >= 11 is 0. The van der Waals surface area contributed by atoms with Crippen molar-refractivity contribution in [2.24, 2.45) is 0 Å². The van der Waals surface area contributed by atoms with Crippen molar-refractivity contribution in [2.45, 2.75) is 6.54 Å². The zero-order chi connectivity index (χ0) is 14.1. The smallest absolute Gasteiger partial charge is 0.334 e. The molecule has 3 aromatic rings. The quantitative estimate of drug-likeness (QED) is 0.723. The van der Waals surface area contributed by atoms with Gasteiger partial charge in [-0.3, -0.25) is 19.4 Å². The molecule has 20 heavy (non-hydrogen) atoms. The molecule has 0 spiro atoms. The number of amides is 1. The fourth-order valence-corrected chi connectivity index (χ4v) is 1.92. The topological polar surface area (TPSA) is 108 Å². The van der Waals surface area contributed by atoms with Crippen LogP contribution in [0.25, 0.3) is 10.9 Å². The molecule has 0 aliphatic rings. The third-order valence-corrected chi connectivity index (χ3v) is 2.91. The van der Waals surface area contributed by atoms with Gasteiger partial charge in [0, 0.05) is 18.0 Å². The molecule has 102 valence electrons. The first-order valence-electron chi connectivity index (χ1n) is 5.87. The van der Waals surface area contributed by atoms with Crippen molar-refractivity contribution in [1.29, 1.82) is 0 Å². The Hall–Kier alpha value is -2.90. The van der Waals surface area contributed by atoms with Crippen LogP contribution in [0.5, 0.6) is 0 Å². The van der Waals surface area contributed by atoms with Gasteiger partial charge in [-0.15, -0.1) is 0 Å². The lowest BCUT2D eigenvalue weighted by Gasteiger charge is -2.15. The molecule has 1 aromatic carbocycles. The summed E-state index contributed by atoms with van der Waals surface area (Å²) in [7, 11) is 1.62. The Morgan fingerprint density at radius 3 is 3.05 bits per heavy atom. The Labute approximate surface area is 112 Å². The minimum Gasteiger partial charge on any atom is -0.334 e. The summed E-state index contributed by atoms with van der Waals surface area (Å²) in [5.74, 6) is -0.521. The monoisotopic (exact) mass is 273 g/mol. The number of fused-ring (bicyclic) bond motifs is 1. The third kappa shape index (κ3) is 2.18. The van der Waals surface area contributed by atoms with E-state index in [-0.39, 0.29) is 12.5 Å². The maximum Gasteiger partial charge on any atom is 0.438 e. The second-order valence-electron chi connectivity index (χ2n) is 4.37. The molecule has 8 nitrogen and oxygen atoms in total. The van der Waals surface area contributed by atoms with Crippen LogP contribution in [0, 0.1) is 0 Å². The first-order valence-corrected chi connectivity index (χ1v) is 5.87. The summed E-state index contributed by atoms with van der Waals surface area (Å²) in [5.41, 5.74) is 1.40. The molecule has 0 atom stereocenters. The molecule has 2 heterocycles. The maximum atomic E-state index is 12.3. The number of benzene rings is 1. The van der Waals surface area contributed by atoms with Crippen molar-refractivity contribution in [1.82, 2.24) is 25.2 Å². The zero-order valence-electron chi connectivity index (χ0n) is 10.6. The Kier molecular flexibility index (Phi) is 2.82. The number of nitrogens with one attached hydrogen (secondary N) is 2. The molecule has 0 saturated heterocycles. The number of nitrogens with zero attached hydrogens (tertiary/aromatic N) is 3. The van der Waals surface area contributed by atoms with Crippen LogP contribution in [0.2, 0.25) is 0 Å². The number of rotatable bonds is 3. The molecule has 1 amide bonds. The highest BCUT2D eigenvalue weighted by atomic mass is 16.5. The number of carbonyl (C=O) groups is 1. The van der Waals surface area contributed by atoms with Gasteiger partial charge in [-0.1, -0.05) is 5.16 Å². The van der Waals surface area contributed by atoms with Gasteiger partial charge in [0.05, 0.1) is 18.3 Å². The first kappa shape index (κ1) is 12.2. The molecule has 8 heteroatoms. The summed E-state index contributed by atoms with van der Waals surface area (Å²) in [5, 5.41) is 11.1. The normalized spacial score (nSPS) is 10.8. The lowest BCUT2D eigenvalue weighted by atomic mass is 10.1. The SMILES string of the molecule is CN(Cc1noc(=O)[nH]1)C(=O)c1ccc2[nH]ncc2c1. The molecule has 0 unspecified atom stereocenters. The molecular weight excluding hydrogens is 262 g/mol. The molecule has 0 aliphatic carbocycles. The third-order valence-electron chi connectivity index (χ3n) is 2.91. The highest BCUT2D eigenvalue weighted by Crippen LogP contribution is 2.14. The van der Waals surface area contributed by atoms with Gasteiger partial charge >= 0.3 is 5.76 Å². The molecular formula is C12H11N5O3. The molecule has 0 bridgehead atoms. The number of H-pyrrole nitrogens is 2. The lowest BCUT2D eigenvalue weighted by molar-refractivity contribution is 0.0781. The number of hydrogen-bond acceptors (Lipinski definition) is 5. The van der Waals surface area contributed by atoms with E-state index in [4.69, 9.17) is 0 Å². The molecule has 0 radical (unpaired) electrons. The van der Waals surface area contributed by atoms with Crippen LogP contribution in [0.3, 0.4) is 0 Å². The summed E-state index contributed by atoms with van der Waals surface area (Å²) in [6, 6.07) is 5.26. The van der Waals surface area contributed by atoms with Crippen LogP contribution in [0.4, 0.5) is 0 Å². The van der Waals surface area contributed by atoms with Crippen molar-refractivity contribution in [3.8, 4) is 0 Å². The predicted octanol–water partition coefficient (Wildman–Crippen LogP) is 0.511. The van der Waals surface area contributed by atoms with E-state index in [2.05, 4.69) is 24.9 Å². The summed E-state index contributed by atoms with van der Waals surface area (Å²) in [4.78, 5) is 26.9. The Morgan fingerprint density at radius 2 is 2.30 bits per heavy atom. The maximum absolute atomic E-state index is 12.3. The van der Waals surface area contributed by atoms with E-state index in [0.29, 0.717) is 11.4 Å². The van der Waals surface area contributed by atoms with Crippen molar-refractivity contribution in [3.63, 3.8) is 0 Å². The largest absolute Gasteiger partial charge is 0.438 e. The van der Waals surface area contributed by atoms with Crippen molar-refractivity contribution in [2.75, 3.05) is 7.05 Å². The predicted molar refractivity (Wildman–Crippen MR) is 69.0 cm³/mol. The van der Waals surface area contributed by atoms with Gasteiger partial charge in [0.2, 0.25) is 0 Å². The van der Waals surface area contributed by atoms with E-state index in [9.17, 15) is 9.59 Å². The van der Waals surface area contributed by atoms with E-state index >= 15 is 0 Å². The number of aromatic amines is 2. The Morgan fingerprint density at radius 1 is 1.45 bits per heavy atom. The van der Waals surface area contributed by atoms with E-state index in [1.807, 2.05) is 0 Å². The minimum absolute atomic E-state index is 0.161. The van der Waals surface area contributed by atoms with Crippen LogP contribution in [0.1, 0.15) is 16.2 Å². The average Bonchev–Trinajstić information content (AvgIpc) is 3.05. The van der Waals surface area contributed by atoms with Gasteiger partial charge in [-0.05, 0) is 18.2 Å². The molecule has 2 aromatic heterocycles. The number of aromatic nitrogens is 4. The molecule has 2 N–H and O–H groups in total. The number of hydrogen-bond donors (Lipinski definition) is 2. The second kappa shape index (κ2) is 4.65. The van der Waals surface area contributed by atoms with Crippen molar-refractivity contribution >= 4 is 16.8 Å². The lowest BCUT2D eigenvalue weighted by Crippen LogP contribution is -2.26. The van der Waals surface area contributed by atoms with Gasteiger partial charge in [0.25, 0.3) is 5.91 Å². The van der Waals surface area contributed by atoms with Crippen LogP contribution in [0.15, 0.2) is 33.7 Å². The minimum atomic E-state index is -0.638. The van der Waals surface area contributed by atoms with E-state index in [1.165, 1.54) is 4.90 Å². The van der Waals surface area contributed by atoms with Crippen molar-refractivity contribution < 1.29 is 9.32 Å². The molecule has 0 aliphatic heterocycles. The molecule has 3 rings (SSSR count). The summed E-state index contributed by atoms with van der Waals surface area (Å²) < 4.78 is 4.39. The van der Waals surface area contributed by atoms with Gasteiger partial charge in [-0.25, -0.2) is 4.79 Å². The van der Waals surface area contributed by atoms with Crippen LogP contribution in [-0.2, 0) is 6.54 Å². The summed E-state index contributed by atoms with van der Waals surface area (Å²) in [6.45, 7) is 0.161. The fourth-order valence-electron chi connectivity index (χ4n) is 1.92. The highest BCUT2D eigenvalue weighted by Gasteiger charge is 2.14. The number of carbonyl (C=O) groups excluding carboxylic acids is 1.